The van der Waals surface area contributed by atoms with Gasteiger partial charge in [0.1, 0.15) is 0 Å². The van der Waals surface area contributed by atoms with Crippen molar-refractivity contribution >= 4 is 11.9 Å². The predicted octanol–water partition coefficient (Wildman–Crippen LogP) is 2.26. The Labute approximate surface area is 127 Å². The summed E-state index contributed by atoms with van der Waals surface area (Å²) < 4.78 is 4.60. The molecule has 4 nitrogen and oxygen atoms in total. The van der Waals surface area contributed by atoms with Gasteiger partial charge in [-0.25, -0.2) is 0 Å². The molecule has 1 aliphatic carbocycles. The summed E-state index contributed by atoms with van der Waals surface area (Å²) in [4.78, 5) is 23.5. The molecule has 4 heteroatoms. The van der Waals surface area contributed by atoms with Crippen LogP contribution in [-0.2, 0) is 9.53 Å². The van der Waals surface area contributed by atoms with Gasteiger partial charge in [0, 0.05) is 11.6 Å². The Morgan fingerprint density at radius 1 is 1.05 bits per heavy atom. The van der Waals surface area contributed by atoms with Crippen molar-refractivity contribution in [3.8, 4) is 0 Å². The number of fused-ring (bicyclic) bond motifs is 2. The number of hydrogen-bond acceptors (Lipinski definition) is 3. The summed E-state index contributed by atoms with van der Waals surface area (Å²) in [7, 11) is 1.34. The van der Waals surface area contributed by atoms with Gasteiger partial charge in [0.2, 0.25) is 0 Å². The van der Waals surface area contributed by atoms with Crippen LogP contribution in [0.4, 0.5) is 0 Å². The minimum atomic E-state index is -0.334. The van der Waals surface area contributed by atoms with Crippen molar-refractivity contribution in [3.05, 3.63) is 68.9 Å². The van der Waals surface area contributed by atoms with E-state index < -0.39 is 0 Å². The van der Waals surface area contributed by atoms with Crippen LogP contribution >= 0.6 is 0 Å². The summed E-state index contributed by atoms with van der Waals surface area (Å²) in [6.45, 7) is 1.78. The minimum Gasteiger partial charge on any atom is -0.469 e. The SMILES string of the molecule is COC(=O)C[C@@H](C)NC(=O)c1ccc2c(c1)=c1ccccc1=2. The molecule has 112 valence electrons. The highest BCUT2D eigenvalue weighted by Crippen LogP contribution is 2.14. The molecule has 0 saturated heterocycles. The zero-order chi connectivity index (χ0) is 15.7. The van der Waals surface area contributed by atoms with E-state index in [4.69, 9.17) is 0 Å². The lowest BCUT2D eigenvalue weighted by atomic mass is 9.99. The number of ether oxygens (including phenoxy) is 1. The van der Waals surface area contributed by atoms with Crippen LogP contribution in [-0.4, -0.2) is 25.0 Å². The number of esters is 1. The molecule has 0 bridgehead atoms. The van der Waals surface area contributed by atoms with Gasteiger partial charge in [-0.2, -0.15) is 0 Å². The molecular formula is C18H17NO3. The molecule has 0 saturated carbocycles. The predicted molar refractivity (Wildman–Crippen MR) is 81.8 cm³/mol. The first-order valence-corrected chi connectivity index (χ1v) is 7.21. The minimum absolute atomic E-state index is 0.163. The first-order valence-electron chi connectivity index (χ1n) is 7.21. The molecule has 0 unspecified atom stereocenters. The van der Waals surface area contributed by atoms with Gasteiger partial charge in [-0.05, 0) is 39.9 Å². The van der Waals surface area contributed by atoms with Gasteiger partial charge in [0.25, 0.3) is 5.91 Å². The summed E-state index contributed by atoms with van der Waals surface area (Å²) in [5.41, 5.74) is 0.602. The number of nitrogens with one attached hydrogen (secondary N) is 1. The van der Waals surface area contributed by atoms with E-state index in [1.54, 1.807) is 6.92 Å². The second-order valence-electron chi connectivity index (χ2n) is 5.46. The number of carbonyl (C=O) groups is 2. The van der Waals surface area contributed by atoms with E-state index in [2.05, 4.69) is 22.2 Å². The highest BCUT2D eigenvalue weighted by molar-refractivity contribution is 5.94. The molecular weight excluding hydrogens is 278 g/mol. The quantitative estimate of drug-likeness (QED) is 0.751. The lowest BCUT2D eigenvalue weighted by molar-refractivity contribution is -0.141. The van der Waals surface area contributed by atoms with Crippen molar-refractivity contribution in [3.63, 3.8) is 0 Å². The van der Waals surface area contributed by atoms with E-state index in [-0.39, 0.29) is 24.3 Å². The molecule has 0 fully saturated rings. The molecule has 1 N–H and O–H groups in total. The van der Waals surface area contributed by atoms with Crippen LogP contribution in [0.3, 0.4) is 0 Å². The van der Waals surface area contributed by atoms with Crippen molar-refractivity contribution in [1.29, 1.82) is 0 Å². The van der Waals surface area contributed by atoms with Crippen molar-refractivity contribution in [2.75, 3.05) is 7.11 Å². The van der Waals surface area contributed by atoms with E-state index in [0.29, 0.717) is 5.56 Å². The monoisotopic (exact) mass is 295 g/mol. The molecule has 3 rings (SSSR count). The van der Waals surface area contributed by atoms with E-state index in [1.807, 2.05) is 30.3 Å². The van der Waals surface area contributed by atoms with Crippen LogP contribution in [0.2, 0.25) is 0 Å². The van der Waals surface area contributed by atoms with Crippen molar-refractivity contribution in [2.45, 2.75) is 19.4 Å². The Kier molecular flexibility index (Phi) is 3.67. The Morgan fingerprint density at radius 3 is 2.36 bits per heavy atom. The lowest BCUT2D eigenvalue weighted by Crippen LogP contribution is -2.34. The maximum atomic E-state index is 12.3. The second kappa shape index (κ2) is 5.64. The zero-order valence-electron chi connectivity index (χ0n) is 12.6. The summed E-state index contributed by atoms with van der Waals surface area (Å²) in [5, 5.41) is 7.49. The van der Waals surface area contributed by atoms with Crippen molar-refractivity contribution < 1.29 is 14.3 Å². The fourth-order valence-corrected chi connectivity index (χ4v) is 2.73. The molecule has 0 radical (unpaired) electrons. The second-order valence-corrected chi connectivity index (χ2v) is 5.46. The molecule has 0 spiro atoms. The number of carbonyl (C=O) groups excluding carboxylic acids is 2. The molecule has 1 atom stereocenters. The number of amides is 1. The third-order valence-corrected chi connectivity index (χ3v) is 3.87. The van der Waals surface area contributed by atoms with Gasteiger partial charge < -0.3 is 10.1 Å². The molecule has 22 heavy (non-hydrogen) atoms. The average molecular weight is 295 g/mol. The zero-order valence-corrected chi connectivity index (χ0v) is 12.6. The largest absolute Gasteiger partial charge is 0.469 e. The van der Waals surface area contributed by atoms with E-state index in [9.17, 15) is 9.59 Å². The fourth-order valence-electron chi connectivity index (χ4n) is 2.73. The Bertz CT molecular complexity index is 934. The Balaban J connectivity index is 1.83. The highest BCUT2D eigenvalue weighted by Gasteiger charge is 2.14. The van der Waals surface area contributed by atoms with Gasteiger partial charge in [0.05, 0.1) is 13.5 Å². The molecule has 2 aromatic rings. The van der Waals surface area contributed by atoms with Crippen LogP contribution in [0.1, 0.15) is 23.7 Å². The number of hydrogen-bond donors (Lipinski definition) is 1. The normalized spacial score (nSPS) is 12.5. The third kappa shape index (κ3) is 2.48. The van der Waals surface area contributed by atoms with Crippen molar-refractivity contribution in [2.24, 2.45) is 0 Å². The van der Waals surface area contributed by atoms with E-state index >= 15 is 0 Å². The fraction of sp³-hybridized carbons (Fsp3) is 0.222. The van der Waals surface area contributed by atoms with E-state index in [0.717, 1.165) is 5.22 Å². The summed E-state index contributed by atoms with van der Waals surface area (Å²) >= 11 is 0. The molecule has 0 aromatic heterocycles. The van der Waals surface area contributed by atoms with Crippen LogP contribution < -0.4 is 5.32 Å². The number of rotatable bonds is 4. The van der Waals surface area contributed by atoms with Gasteiger partial charge in [-0.3, -0.25) is 9.59 Å². The molecule has 1 aliphatic rings. The van der Waals surface area contributed by atoms with E-state index in [1.165, 1.54) is 22.8 Å². The third-order valence-electron chi connectivity index (χ3n) is 3.87. The van der Waals surface area contributed by atoms with Crippen molar-refractivity contribution in [1.82, 2.24) is 5.32 Å². The summed E-state index contributed by atoms with van der Waals surface area (Å²) in [5.74, 6) is -0.512. The molecule has 0 heterocycles. The van der Waals surface area contributed by atoms with Gasteiger partial charge >= 0.3 is 5.97 Å². The standard InChI is InChI=1S/C18H17NO3/c1-11(9-17(20)22-2)19-18(21)12-7-8-15-13-5-3-4-6-14(13)16(15)10-12/h3-8,10-11H,9H2,1-2H3,(H,19,21)/t11-/m1/s1. The molecule has 0 aliphatic heterocycles. The lowest BCUT2D eigenvalue weighted by Gasteiger charge is -2.13. The first-order chi connectivity index (χ1) is 10.6. The topological polar surface area (TPSA) is 55.4 Å². The summed E-state index contributed by atoms with van der Waals surface area (Å²) in [6, 6.07) is 13.6. The van der Waals surface area contributed by atoms with Crippen LogP contribution in [0.15, 0.2) is 42.5 Å². The van der Waals surface area contributed by atoms with Crippen LogP contribution in [0, 0.1) is 20.9 Å². The molecule has 2 aromatic carbocycles. The summed E-state index contributed by atoms with van der Waals surface area (Å²) in [6.07, 6.45) is 0.163. The number of benzene rings is 2. The first kappa shape index (κ1) is 14.3. The van der Waals surface area contributed by atoms with Gasteiger partial charge in [0.15, 0.2) is 0 Å². The van der Waals surface area contributed by atoms with Gasteiger partial charge in [-0.1, -0.05) is 30.3 Å². The van der Waals surface area contributed by atoms with Gasteiger partial charge in [-0.15, -0.1) is 0 Å². The Morgan fingerprint density at radius 2 is 1.68 bits per heavy atom. The highest BCUT2D eigenvalue weighted by atomic mass is 16.5. The maximum Gasteiger partial charge on any atom is 0.307 e. The average Bonchev–Trinajstić information content (AvgIpc) is 2.51. The smallest absolute Gasteiger partial charge is 0.307 e. The maximum absolute atomic E-state index is 12.3. The molecule has 1 amide bonds. The van der Waals surface area contributed by atoms with Crippen LogP contribution in [0.5, 0.6) is 0 Å². The number of methoxy groups -OCH3 is 1. The Hall–Kier alpha value is -2.62. The van der Waals surface area contributed by atoms with Crippen LogP contribution in [0.25, 0.3) is 0 Å².